The van der Waals surface area contributed by atoms with Crippen molar-refractivity contribution in [2.45, 2.75) is 39.8 Å². The number of hydrogen-bond donors (Lipinski definition) is 2. The number of pyridine rings is 1. The van der Waals surface area contributed by atoms with E-state index < -0.39 is 0 Å². The van der Waals surface area contributed by atoms with Gasteiger partial charge in [0.1, 0.15) is 5.82 Å². The molecule has 27 heavy (non-hydrogen) atoms. The summed E-state index contributed by atoms with van der Waals surface area (Å²) in [4.78, 5) is 30.8. The molecule has 2 N–H and O–H groups in total. The second-order valence-electron chi connectivity index (χ2n) is 7.13. The van der Waals surface area contributed by atoms with Gasteiger partial charge < -0.3 is 15.5 Å². The predicted molar refractivity (Wildman–Crippen MR) is 107 cm³/mol. The van der Waals surface area contributed by atoms with E-state index in [1.807, 2.05) is 42.2 Å². The Morgan fingerprint density at radius 2 is 1.89 bits per heavy atom. The van der Waals surface area contributed by atoms with Crippen molar-refractivity contribution < 1.29 is 9.59 Å². The van der Waals surface area contributed by atoms with Crippen LogP contribution in [0.15, 0.2) is 36.4 Å². The molecule has 3 atom stereocenters. The number of aromatic nitrogens is 1. The quantitative estimate of drug-likeness (QED) is 0.874. The van der Waals surface area contributed by atoms with Crippen LogP contribution in [0.1, 0.15) is 48.4 Å². The number of anilines is 2. The Kier molecular flexibility index (Phi) is 5.17. The first kappa shape index (κ1) is 18.9. The smallest absolute Gasteiger partial charge is 0.251 e. The van der Waals surface area contributed by atoms with Gasteiger partial charge in [-0.15, -0.1) is 0 Å². The van der Waals surface area contributed by atoms with Crippen LogP contribution in [0.3, 0.4) is 0 Å². The van der Waals surface area contributed by atoms with Crippen LogP contribution < -0.4 is 15.5 Å². The number of nitrogens with one attached hydrogen (secondary N) is 2. The third-order valence-corrected chi connectivity index (χ3v) is 5.34. The van der Waals surface area contributed by atoms with E-state index in [2.05, 4.69) is 29.5 Å². The van der Waals surface area contributed by atoms with Crippen LogP contribution >= 0.6 is 0 Å². The molecule has 1 aromatic heterocycles. The van der Waals surface area contributed by atoms with E-state index in [4.69, 9.17) is 0 Å². The van der Waals surface area contributed by atoms with E-state index in [0.717, 1.165) is 22.8 Å². The number of nitrogens with zero attached hydrogens (tertiary/aromatic N) is 2. The molecule has 0 saturated heterocycles. The third kappa shape index (κ3) is 3.52. The normalized spacial score (nSPS) is 21.4. The molecule has 0 unspecified atom stereocenters. The van der Waals surface area contributed by atoms with E-state index in [-0.39, 0.29) is 29.8 Å². The Morgan fingerprint density at radius 3 is 2.52 bits per heavy atom. The molecule has 0 fully saturated rings. The molecule has 1 aromatic carbocycles. The summed E-state index contributed by atoms with van der Waals surface area (Å²) in [7, 11) is 1.61. The van der Waals surface area contributed by atoms with Gasteiger partial charge >= 0.3 is 0 Å². The van der Waals surface area contributed by atoms with Gasteiger partial charge in [-0.05, 0) is 49.7 Å². The third-order valence-electron chi connectivity index (χ3n) is 5.34. The van der Waals surface area contributed by atoms with Crippen LogP contribution in [0.4, 0.5) is 11.5 Å². The van der Waals surface area contributed by atoms with Crippen molar-refractivity contribution in [1.82, 2.24) is 10.3 Å². The Labute approximate surface area is 160 Å². The number of carbonyl (C=O) groups is 2. The van der Waals surface area contributed by atoms with Gasteiger partial charge in [-0.3, -0.25) is 9.59 Å². The SMILES string of the molecule is CNC(=O)c1ccc2c(c1)[C@H](Nc1cccc(C)n1)[C@@H](C)[C@H](C)N2C(C)=O. The van der Waals surface area contributed by atoms with Gasteiger partial charge in [0, 0.05) is 42.9 Å². The lowest BCUT2D eigenvalue weighted by molar-refractivity contribution is -0.117. The van der Waals surface area contributed by atoms with Gasteiger partial charge in [-0.2, -0.15) is 0 Å². The van der Waals surface area contributed by atoms with E-state index >= 15 is 0 Å². The Hall–Kier alpha value is -2.89. The van der Waals surface area contributed by atoms with Crippen molar-refractivity contribution in [3.8, 4) is 0 Å². The zero-order chi connectivity index (χ0) is 19.7. The monoisotopic (exact) mass is 366 g/mol. The maximum absolute atomic E-state index is 12.3. The van der Waals surface area contributed by atoms with Crippen LogP contribution in [-0.2, 0) is 4.79 Å². The highest BCUT2D eigenvalue weighted by molar-refractivity contribution is 5.97. The first-order valence-electron chi connectivity index (χ1n) is 9.19. The van der Waals surface area contributed by atoms with Crippen LogP contribution in [0.25, 0.3) is 0 Å². The minimum atomic E-state index is -0.147. The maximum atomic E-state index is 12.3. The molecule has 0 bridgehead atoms. The van der Waals surface area contributed by atoms with Gasteiger partial charge in [0.2, 0.25) is 5.91 Å². The summed E-state index contributed by atoms with van der Waals surface area (Å²) in [6.07, 6.45) is 0. The highest BCUT2D eigenvalue weighted by Crippen LogP contribution is 2.42. The first-order valence-corrected chi connectivity index (χ1v) is 9.19. The minimum absolute atomic E-state index is 0.00424. The molecule has 0 aliphatic carbocycles. The molecule has 1 aliphatic heterocycles. The molecule has 2 amide bonds. The molecule has 3 rings (SSSR count). The highest BCUT2D eigenvalue weighted by atomic mass is 16.2. The number of aryl methyl sites for hydroxylation is 1. The molecule has 0 spiro atoms. The van der Waals surface area contributed by atoms with E-state index in [1.165, 1.54) is 0 Å². The summed E-state index contributed by atoms with van der Waals surface area (Å²) in [5, 5.41) is 6.18. The van der Waals surface area contributed by atoms with Gasteiger partial charge in [-0.1, -0.05) is 13.0 Å². The van der Waals surface area contributed by atoms with Gasteiger partial charge in [0.15, 0.2) is 0 Å². The minimum Gasteiger partial charge on any atom is -0.363 e. The summed E-state index contributed by atoms with van der Waals surface area (Å²) in [6.45, 7) is 7.70. The van der Waals surface area contributed by atoms with Gasteiger partial charge in [-0.25, -0.2) is 4.98 Å². The summed E-state index contributed by atoms with van der Waals surface area (Å²) in [5.41, 5.74) is 3.28. The van der Waals surface area contributed by atoms with E-state index in [0.29, 0.717) is 5.56 Å². The number of rotatable bonds is 3. The number of amides is 2. The Bertz CT molecular complexity index is 880. The van der Waals surface area contributed by atoms with Crippen molar-refractivity contribution in [3.05, 3.63) is 53.2 Å². The van der Waals surface area contributed by atoms with Crippen LogP contribution in [0.5, 0.6) is 0 Å². The summed E-state index contributed by atoms with van der Waals surface area (Å²) < 4.78 is 0. The molecule has 1 aliphatic rings. The van der Waals surface area contributed by atoms with Crippen LogP contribution in [0, 0.1) is 12.8 Å². The van der Waals surface area contributed by atoms with Crippen molar-refractivity contribution >= 4 is 23.3 Å². The lowest BCUT2D eigenvalue weighted by Crippen LogP contribution is -2.48. The molecular weight excluding hydrogens is 340 g/mol. The van der Waals surface area contributed by atoms with Crippen molar-refractivity contribution in [3.63, 3.8) is 0 Å². The topological polar surface area (TPSA) is 74.3 Å². The average molecular weight is 366 g/mol. The highest BCUT2D eigenvalue weighted by Gasteiger charge is 2.38. The fourth-order valence-corrected chi connectivity index (χ4v) is 3.77. The Morgan fingerprint density at radius 1 is 1.15 bits per heavy atom. The number of hydrogen-bond acceptors (Lipinski definition) is 4. The van der Waals surface area contributed by atoms with Crippen molar-refractivity contribution in [2.24, 2.45) is 5.92 Å². The van der Waals surface area contributed by atoms with Gasteiger partial charge in [0.25, 0.3) is 5.91 Å². The van der Waals surface area contributed by atoms with E-state index in [1.54, 1.807) is 20.0 Å². The molecular formula is C21H26N4O2. The zero-order valence-electron chi connectivity index (χ0n) is 16.4. The molecule has 2 aromatic rings. The van der Waals surface area contributed by atoms with Crippen LogP contribution in [0.2, 0.25) is 0 Å². The average Bonchev–Trinajstić information content (AvgIpc) is 2.64. The Balaban J connectivity index is 2.11. The predicted octanol–water partition coefficient (Wildman–Crippen LogP) is 3.29. The summed E-state index contributed by atoms with van der Waals surface area (Å²) >= 11 is 0. The van der Waals surface area contributed by atoms with Gasteiger partial charge in [0.05, 0.1) is 6.04 Å². The molecule has 142 valence electrons. The summed E-state index contributed by atoms with van der Waals surface area (Å²) in [6, 6.07) is 11.3. The molecule has 0 radical (unpaired) electrons. The lowest BCUT2D eigenvalue weighted by atomic mass is 9.82. The fraction of sp³-hybridized carbons (Fsp3) is 0.381. The molecule has 0 saturated carbocycles. The number of benzene rings is 1. The second-order valence-corrected chi connectivity index (χ2v) is 7.13. The van der Waals surface area contributed by atoms with Crippen molar-refractivity contribution in [2.75, 3.05) is 17.3 Å². The number of fused-ring (bicyclic) bond motifs is 1. The zero-order valence-corrected chi connectivity index (χ0v) is 16.4. The lowest BCUT2D eigenvalue weighted by Gasteiger charge is -2.44. The summed E-state index contributed by atoms with van der Waals surface area (Å²) in [5.74, 6) is 0.761. The van der Waals surface area contributed by atoms with Crippen LogP contribution in [-0.4, -0.2) is 29.9 Å². The van der Waals surface area contributed by atoms with E-state index in [9.17, 15) is 9.59 Å². The standard InChI is InChI=1S/C21H26N4O2/c1-12-7-6-8-19(23-12)24-20-13(2)14(3)25(15(4)26)18-10-9-16(11-17(18)20)21(27)22-5/h6-11,13-14,20H,1-5H3,(H,22,27)(H,23,24)/t13-,14-,20+/m0/s1. The number of carbonyl (C=O) groups excluding carboxylic acids is 2. The maximum Gasteiger partial charge on any atom is 0.251 e. The molecule has 2 heterocycles. The fourth-order valence-electron chi connectivity index (χ4n) is 3.77. The molecule has 6 nitrogen and oxygen atoms in total. The largest absolute Gasteiger partial charge is 0.363 e. The molecule has 6 heteroatoms. The van der Waals surface area contributed by atoms with Crippen molar-refractivity contribution in [1.29, 1.82) is 0 Å². The second kappa shape index (κ2) is 7.39. The first-order chi connectivity index (χ1) is 12.8.